The first-order chi connectivity index (χ1) is 12.9. The van der Waals surface area contributed by atoms with Crippen LogP contribution >= 0.6 is 11.6 Å². The Balaban J connectivity index is 1.84. The maximum Gasteiger partial charge on any atom is 0.150 e. The molecular formula is C22H25ClN2O2. The van der Waals surface area contributed by atoms with Crippen molar-refractivity contribution in [3.8, 4) is 11.4 Å². The highest BCUT2D eigenvalue weighted by molar-refractivity contribution is 6.36. The molecule has 0 saturated carbocycles. The second kappa shape index (κ2) is 8.15. The molecule has 0 amide bonds. The van der Waals surface area contributed by atoms with E-state index in [0.717, 1.165) is 41.6 Å². The number of benzene rings is 2. The number of halogens is 1. The number of rotatable bonds is 7. The predicted octanol–water partition coefficient (Wildman–Crippen LogP) is 5.25. The minimum Gasteiger partial charge on any atom is -0.491 e. The van der Waals surface area contributed by atoms with Crippen molar-refractivity contribution in [3.63, 3.8) is 0 Å². The zero-order chi connectivity index (χ0) is 19.4. The van der Waals surface area contributed by atoms with Crippen LogP contribution in [0.4, 0.5) is 0 Å². The van der Waals surface area contributed by atoms with Gasteiger partial charge in [-0.05, 0) is 51.9 Å². The fourth-order valence-electron chi connectivity index (χ4n) is 3.06. The molecule has 0 aliphatic rings. The number of hydrogen-bond acceptors (Lipinski definition) is 3. The largest absolute Gasteiger partial charge is 0.491 e. The number of carbonyl (C=O) groups is 1. The highest BCUT2D eigenvalue weighted by Crippen LogP contribution is 2.33. The number of carbonyl (C=O) groups excluding carboxylic acids is 1. The van der Waals surface area contributed by atoms with E-state index in [9.17, 15) is 4.79 Å². The molecule has 0 radical (unpaired) electrons. The van der Waals surface area contributed by atoms with Crippen molar-refractivity contribution in [3.05, 3.63) is 59.2 Å². The molecule has 0 atom stereocenters. The van der Waals surface area contributed by atoms with Gasteiger partial charge in [0.15, 0.2) is 6.29 Å². The van der Waals surface area contributed by atoms with Gasteiger partial charge >= 0.3 is 0 Å². The van der Waals surface area contributed by atoms with E-state index < -0.39 is 0 Å². The fraction of sp³-hybridized carbons (Fsp3) is 0.318. The Morgan fingerprint density at radius 1 is 1.15 bits per heavy atom. The van der Waals surface area contributed by atoms with Gasteiger partial charge in [-0.15, -0.1) is 0 Å². The minimum atomic E-state index is 0.106. The molecule has 1 N–H and O–H groups in total. The molecule has 3 rings (SSSR count). The Labute approximate surface area is 165 Å². The summed E-state index contributed by atoms with van der Waals surface area (Å²) in [5.41, 5.74) is 2.48. The van der Waals surface area contributed by atoms with Gasteiger partial charge in [-0.2, -0.15) is 0 Å². The summed E-state index contributed by atoms with van der Waals surface area (Å²) in [4.78, 5) is 11.4. The van der Waals surface area contributed by atoms with E-state index in [-0.39, 0.29) is 5.54 Å². The highest BCUT2D eigenvalue weighted by Gasteiger charge is 2.14. The van der Waals surface area contributed by atoms with Crippen LogP contribution in [0.5, 0.6) is 5.75 Å². The molecule has 3 aromatic rings. The lowest BCUT2D eigenvalue weighted by Crippen LogP contribution is -2.36. The fourth-order valence-corrected chi connectivity index (χ4v) is 3.36. The molecule has 4 nitrogen and oxygen atoms in total. The van der Waals surface area contributed by atoms with E-state index in [1.807, 2.05) is 47.2 Å². The first kappa shape index (κ1) is 19.5. The van der Waals surface area contributed by atoms with Crippen molar-refractivity contribution in [1.29, 1.82) is 0 Å². The lowest BCUT2D eigenvalue weighted by Gasteiger charge is -2.20. The van der Waals surface area contributed by atoms with E-state index in [1.165, 1.54) is 0 Å². The lowest BCUT2D eigenvalue weighted by molar-refractivity contribution is 0.112. The average Bonchev–Trinajstić information content (AvgIpc) is 2.98. The Morgan fingerprint density at radius 2 is 1.93 bits per heavy atom. The number of ether oxygens (including phenoxy) is 1. The summed E-state index contributed by atoms with van der Waals surface area (Å²) in [6.45, 7) is 7.96. The van der Waals surface area contributed by atoms with Crippen LogP contribution in [0.1, 0.15) is 37.6 Å². The Morgan fingerprint density at radius 3 is 2.67 bits per heavy atom. The van der Waals surface area contributed by atoms with E-state index >= 15 is 0 Å². The van der Waals surface area contributed by atoms with Gasteiger partial charge in [0.25, 0.3) is 0 Å². The standard InChI is InChI=1S/C22H25ClN2O2/c1-22(2,3)24-12-7-13-27-20-11-5-4-9-18(20)25-14-17(23)21-16(15-26)8-6-10-19(21)25/h4-6,8-11,14-15,24H,7,12-13H2,1-3H3. The monoisotopic (exact) mass is 384 g/mol. The van der Waals surface area contributed by atoms with Crippen LogP contribution in [0.25, 0.3) is 16.6 Å². The van der Waals surface area contributed by atoms with Gasteiger partial charge in [0, 0.05) is 22.7 Å². The zero-order valence-electron chi connectivity index (χ0n) is 16.0. The smallest absolute Gasteiger partial charge is 0.150 e. The van der Waals surface area contributed by atoms with E-state index in [0.29, 0.717) is 17.2 Å². The summed E-state index contributed by atoms with van der Waals surface area (Å²) in [6, 6.07) is 13.5. The number of fused-ring (bicyclic) bond motifs is 1. The molecule has 2 aromatic carbocycles. The Bertz CT molecular complexity index is 941. The summed E-state index contributed by atoms with van der Waals surface area (Å²) < 4.78 is 8.03. The van der Waals surface area contributed by atoms with Crippen molar-refractivity contribution < 1.29 is 9.53 Å². The molecule has 0 aliphatic heterocycles. The third kappa shape index (κ3) is 4.52. The van der Waals surface area contributed by atoms with Crippen LogP contribution in [-0.4, -0.2) is 29.5 Å². The molecule has 5 heteroatoms. The summed E-state index contributed by atoms with van der Waals surface area (Å²) in [7, 11) is 0. The van der Waals surface area contributed by atoms with Gasteiger partial charge in [-0.1, -0.05) is 35.9 Å². The lowest BCUT2D eigenvalue weighted by atomic mass is 10.1. The third-order valence-electron chi connectivity index (χ3n) is 4.30. The van der Waals surface area contributed by atoms with Crippen molar-refractivity contribution in [2.24, 2.45) is 0 Å². The normalized spacial score (nSPS) is 11.7. The van der Waals surface area contributed by atoms with Crippen molar-refractivity contribution in [1.82, 2.24) is 9.88 Å². The van der Waals surface area contributed by atoms with Crippen LogP contribution in [0.15, 0.2) is 48.7 Å². The summed E-state index contributed by atoms with van der Waals surface area (Å²) in [6.07, 6.45) is 3.58. The first-order valence-corrected chi connectivity index (χ1v) is 9.50. The maximum atomic E-state index is 11.4. The van der Waals surface area contributed by atoms with Gasteiger partial charge in [-0.25, -0.2) is 0 Å². The predicted molar refractivity (Wildman–Crippen MR) is 112 cm³/mol. The van der Waals surface area contributed by atoms with Gasteiger partial charge < -0.3 is 14.6 Å². The van der Waals surface area contributed by atoms with Gasteiger partial charge in [-0.3, -0.25) is 4.79 Å². The Hall–Kier alpha value is -2.30. The molecule has 27 heavy (non-hydrogen) atoms. The van der Waals surface area contributed by atoms with Crippen molar-refractivity contribution in [2.75, 3.05) is 13.2 Å². The summed E-state index contributed by atoms with van der Waals surface area (Å²) in [5.74, 6) is 0.790. The van der Waals surface area contributed by atoms with E-state index in [2.05, 4.69) is 26.1 Å². The van der Waals surface area contributed by atoms with E-state index in [1.54, 1.807) is 6.07 Å². The summed E-state index contributed by atoms with van der Waals surface area (Å²) >= 11 is 6.42. The summed E-state index contributed by atoms with van der Waals surface area (Å²) in [5, 5.41) is 4.77. The molecule has 0 saturated heterocycles. The number of nitrogens with one attached hydrogen (secondary N) is 1. The van der Waals surface area contributed by atoms with Crippen molar-refractivity contribution >= 4 is 28.8 Å². The first-order valence-electron chi connectivity index (χ1n) is 9.13. The molecule has 0 spiro atoms. The molecule has 0 unspecified atom stereocenters. The molecule has 0 bridgehead atoms. The maximum absolute atomic E-state index is 11.4. The molecule has 0 fully saturated rings. The second-order valence-electron chi connectivity index (χ2n) is 7.55. The zero-order valence-corrected chi connectivity index (χ0v) is 16.7. The minimum absolute atomic E-state index is 0.106. The van der Waals surface area contributed by atoms with Crippen LogP contribution in [0.3, 0.4) is 0 Å². The third-order valence-corrected chi connectivity index (χ3v) is 4.59. The topological polar surface area (TPSA) is 43.3 Å². The quantitative estimate of drug-likeness (QED) is 0.446. The number of hydrogen-bond donors (Lipinski definition) is 1. The number of aromatic nitrogens is 1. The van der Waals surface area contributed by atoms with Crippen molar-refractivity contribution in [2.45, 2.75) is 32.7 Å². The van der Waals surface area contributed by atoms with Crippen LogP contribution in [0, 0.1) is 0 Å². The Kier molecular flexibility index (Phi) is 5.88. The number of aldehydes is 1. The SMILES string of the molecule is CC(C)(C)NCCCOc1ccccc1-n1cc(Cl)c2c(C=O)cccc21. The van der Waals surface area contributed by atoms with Crippen LogP contribution in [0.2, 0.25) is 5.02 Å². The molecule has 0 aliphatic carbocycles. The van der Waals surface area contributed by atoms with Crippen LogP contribution < -0.4 is 10.1 Å². The van der Waals surface area contributed by atoms with Crippen LogP contribution in [-0.2, 0) is 0 Å². The van der Waals surface area contributed by atoms with Gasteiger partial charge in [0.05, 0.1) is 22.8 Å². The molecule has 142 valence electrons. The average molecular weight is 385 g/mol. The number of nitrogens with zero attached hydrogens (tertiary/aromatic N) is 1. The van der Waals surface area contributed by atoms with E-state index in [4.69, 9.17) is 16.3 Å². The molecular weight excluding hydrogens is 360 g/mol. The second-order valence-corrected chi connectivity index (χ2v) is 7.96. The van der Waals surface area contributed by atoms with Gasteiger partial charge in [0.1, 0.15) is 5.75 Å². The van der Waals surface area contributed by atoms with Gasteiger partial charge in [0.2, 0.25) is 0 Å². The molecule has 1 aromatic heterocycles. The molecule has 1 heterocycles. The highest BCUT2D eigenvalue weighted by atomic mass is 35.5. The number of para-hydroxylation sites is 2.